The Morgan fingerprint density at radius 1 is 1.32 bits per heavy atom. The lowest BCUT2D eigenvalue weighted by molar-refractivity contribution is -0.142. The van der Waals surface area contributed by atoms with Crippen molar-refractivity contribution in [2.45, 2.75) is 43.3 Å². The van der Waals surface area contributed by atoms with Gasteiger partial charge >= 0.3 is 5.97 Å². The number of rotatable bonds is 8. The topological polar surface area (TPSA) is 68.3 Å². The number of nitrogens with one attached hydrogen (secondary N) is 1. The first kappa shape index (κ1) is 19.5. The molecule has 0 fully saturated rings. The van der Waals surface area contributed by atoms with Crippen LogP contribution in [0, 0.1) is 6.92 Å². The molecule has 0 bridgehead atoms. The van der Waals surface area contributed by atoms with Gasteiger partial charge in [-0.1, -0.05) is 41.6 Å². The predicted molar refractivity (Wildman–Crippen MR) is 101 cm³/mol. The Morgan fingerprint density at radius 3 is 2.72 bits per heavy atom. The van der Waals surface area contributed by atoms with E-state index in [0.717, 1.165) is 9.90 Å². The molecule has 0 unspecified atom stereocenters. The number of aryl methyl sites for hydroxylation is 1. The normalized spacial score (nSPS) is 11.8. The summed E-state index contributed by atoms with van der Waals surface area (Å²) in [5.41, 5.74) is 2.95. The van der Waals surface area contributed by atoms with Crippen LogP contribution in [0.5, 0.6) is 0 Å². The van der Waals surface area contributed by atoms with Gasteiger partial charge in [0, 0.05) is 11.9 Å². The van der Waals surface area contributed by atoms with Crippen molar-refractivity contribution < 1.29 is 14.3 Å². The molecule has 0 aliphatic heterocycles. The van der Waals surface area contributed by atoms with E-state index in [1.807, 2.05) is 43.5 Å². The maximum absolute atomic E-state index is 12.2. The number of esters is 1. The standard InChI is InChI=1S/C18H22N2O3S2/c1-4-23-16(21)9-15-11-24-18(20-15)25-13(3)17(22)19-10-14-7-5-12(2)6-8-14/h5-8,11,13H,4,9-10H2,1-3H3,(H,19,22)/t13-/m1/s1. The lowest BCUT2D eigenvalue weighted by Crippen LogP contribution is -2.30. The quantitative estimate of drug-likeness (QED) is 0.563. The average molecular weight is 379 g/mol. The van der Waals surface area contributed by atoms with Gasteiger partial charge in [0.1, 0.15) is 0 Å². The van der Waals surface area contributed by atoms with Crippen LogP contribution in [-0.2, 0) is 27.3 Å². The molecule has 25 heavy (non-hydrogen) atoms. The van der Waals surface area contributed by atoms with Gasteiger partial charge in [0.25, 0.3) is 0 Å². The third kappa shape index (κ3) is 6.51. The lowest BCUT2D eigenvalue weighted by atomic mass is 10.1. The molecule has 0 aliphatic rings. The minimum Gasteiger partial charge on any atom is -0.466 e. The Labute approximate surface area is 156 Å². The van der Waals surface area contributed by atoms with E-state index in [1.54, 1.807) is 6.92 Å². The van der Waals surface area contributed by atoms with Crippen LogP contribution in [0.25, 0.3) is 0 Å². The summed E-state index contributed by atoms with van der Waals surface area (Å²) in [7, 11) is 0. The number of aromatic nitrogens is 1. The van der Waals surface area contributed by atoms with E-state index >= 15 is 0 Å². The lowest BCUT2D eigenvalue weighted by Gasteiger charge is -2.10. The zero-order chi connectivity index (χ0) is 18.2. The molecule has 7 heteroatoms. The highest BCUT2D eigenvalue weighted by molar-refractivity contribution is 8.02. The molecular weight excluding hydrogens is 356 g/mol. The highest BCUT2D eigenvalue weighted by atomic mass is 32.2. The largest absolute Gasteiger partial charge is 0.466 e. The van der Waals surface area contributed by atoms with Crippen LogP contribution in [-0.4, -0.2) is 28.7 Å². The van der Waals surface area contributed by atoms with Gasteiger partial charge in [0.15, 0.2) is 4.34 Å². The van der Waals surface area contributed by atoms with E-state index < -0.39 is 0 Å². The van der Waals surface area contributed by atoms with Crippen molar-refractivity contribution in [3.63, 3.8) is 0 Å². The number of carbonyl (C=O) groups is 2. The smallest absolute Gasteiger partial charge is 0.311 e. The average Bonchev–Trinajstić information content (AvgIpc) is 3.01. The van der Waals surface area contributed by atoms with Crippen molar-refractivity contribution in [3.8, 4) is 0 Å². The minimum absolute atomic E-state index is 0.0345. The monoisotopic (exact) mass is 378 g/mol. The SMILES string of the molecule is CCOC(=O)Cc1csc(S[C@H](C)C(=O)NCc2ccc(C)cc2)n1. The molecule has 0 aliphatic carbocycles. The summed E-state index contributed by atoms with van der Waals surface area (Å²) in [6.45, 7) is 6.53. The van der Waals surface area contributed by atoms with Crippen LogP contribution in [0.15, 0.2) is 34.0 Å². The minimum atomic E-state index is -0.284. The van der Waals surface area contributed by atoms with E-state index in [0.29, 0.717) is 18.8 Å². The number of benzene rings is 1. The second kappa shape index (κ2) is 9.58. The Bertz CT molecular complexity index is 713. The van der Waals surface area contributed by atoms with Gasteiger partial charge in [-0.2, -0.15) is 0 Å². The molecule has 2 aromatic rings. The fourth-order valence-electron chi connectivity index (χ4n) is 2.03. The van der Waals surface area contributed by atoms with E-state index in [1.165, 1.54) is 28.7 Å². The molecule has 0 spiro atoms. The van der Waals surface area contributed by atoms with Crippen LogP contribution in [0.3, 0.4) is 0 Å². The zero-order valence-electron chi connectivity index (χ0n) is 14.6. The third-order valence-electron chi connectivity index (χ3n) is 3.40. The van der Waals surface area contributed by atoms with Crippen molar-refractivity contribution >= 4 is 35.0 Å². The van der Waals surface area contributed by atoms with Gasteiger partial charge in [-0.15, -0.1) is 11.3 Å². The molecule has 1 N–H and O–H groups in total. The molecule has 5 nitrogen and oxygen atoms in total. The fraction of sp³-hybridized carbons (Fsp3) is 0.389. The van der Waals surface area contributed by atoms with E-state index in [2.05, 4.69) is 10.3 Å². The van der Waals surface area contributed by atoms with Gasteiger partial charge in [-0.3, -0.25) is 9.59 Å². The van der Waals surface area contributed by atoms with Crippen molar-refractivity contribution in [1.29, 1.82) is 0 Å². The predicted octanol–water partition coefficient (Wildman–Crippen LogP) is 3.35. The molecular formula is C18H22N2O3S2. The molecule has 134 valence electrons. The second-order valence-electron chi connectivity index (χ2n) is 5.55. The summed E-state index contributed by atoms with van der Waals surface area (Å²) in [6.07, 6.45) is 0.166. The Balaban J connectivity index is 1.81. The number of ether oxygens (including phenoxy) is 1. The number of amides is 1. The first-order valence-electron chi connectivity index (χ1n) is 8.08. The number of nitrogens with zero attached hydrogens (tertiary/aromatic N) is 1. The van der Waals surface area contributed by atoms with Gasteiger partial charge in [-0.25, -0.2) is 4.98 Å². The van der Waals surface area contributed by atoms with E-state index in [-0.39, 0.29) is 23.5 Å². The maximum Gasteiger partial charge on any atom is 0.311 e. The molecule has 2 rings (SSSR count). The Hall–Kier alpha value is -1.86. The summed E-state index contributed by atoms with van der Waals surface area (Å²) in [4.78, 5) is 28.1. The summed E-state index contributed by atoms with van der Waals surface area (Å²) < 4.78 is 5.69. The highest BCUT2D eigenvalue weighted by Crippen LogP contribution is 2.27. The van der Waals surface area contributed by atoms with Crippen LogP contribution < -0.4 is 5.32 Å². The first-order chi connectivity index (χ1) is 12.0. The zero-order valence-corrected chi connectivity index (χ0v) is 16.2. The van der Waals surface area contributed by atoms with E-state index in [4.69, 9.17) is 4.74 Å². The van der Waals surface area contributed by atoms with Gasteiger partial charge < -0.3 is 10.1 Å². The van der Waals surface area contributed by atoms with Crippen molar-refractivity contribution in [1.82, 2.24) is 10.3 Å². The fourth-order valence-corrected chi connectivity index (χ4v) is 4.03. The molecule has 0 radical (unpaired) electrons. The number of carbonyl (C=O) groups excluding carboxylic acids is 2. The van der Waals surface area contributed by atoms with Gasteiger partial charge in [0.05, 0.1) is 24.0 Å². The highest BCUT2D eigenvalue weighted by Gasteiger charge is 2.17. The first-order valence-corrected chi connectivity index (χ1v) is 9.83. The molecule has 0 saturated carbocycles. The van der Waals surface area contributed by atoms with E-state index in [9.17, 15) is 9.59 Å². The van der Waals surface area contributed by atoms with Crippen molar-refractivity contribution in [3.05, 3.63) is 46.5 Å². The Kier molecular flexibility index (Phi) is 7.46. The summed E-state index contributed by atoms with van der Waals surface area (Å²) in [5, 5.41) is 4.51. The van der Waals surface area contributed by atoms with Crippen LogP contribution in [0.1, 0.15) is 30.7 Å². The molecule has 1 amide bonds. The summed E-state index contributed by atoms with van der Waals surface area (Å²) >= 11 is 2.83. The number of hydrogen-bond donors (Lipinski definition) is 1. The molecule has 1 atom stereocenters. The van der Waals surface area contributed by atoms with Crippen LogP contribution in [0.4, 0.5) is 0 Å². The summed E-state index contributed by atoms with van der Waals surface area (Å²) in [5.74, 6) is -0.319. The molecule has 1 aromatic heterocycles. The molecule has 1 heterocycles. The van der Waals surface area contributed by atoms with Gasteiger partial charge in [0.2, 0.25) is 5.91 Å². The number of hydrogen-bond acceptors (Lipinski definition) is 6. The van der Waals surface area contributed by atoms with Crippen LogP contribution in [0.2, 0.25) is 0 Å². The summed E-state index contributed by atoms with van der Waals surface area (Å²) in [6, 6.07) is 8.08. The molecule has 1 aromatic carbocycles. The van der Waals surface area contributed by atoms with Crippen molar-refractivity contribution in [2.75, 3.05) is 6.61 Å². The number of thiazole rings is 1. The third-order valence-corrected chi connectivity index (χ3v) is 5.52. The second-order valence-corrected chi connectivity index (χ2v) is 8.00. The van der Waals surface area contributed by atoms with Gasteiger partial charge in [-0.05, 0) is 26.3 Å². The molecule has 0 saturated heterocycles. The Morgan fingerprint density at radius 2 is 2.04 bits per heavy atom. The van der Waals surface area contributed by atoms with Crippen LogP contribution >= 0.6 is 23.1 Å². The number of thioether (sulfide) groups is 1. The van der Waals surface area contributed by atoms with Crippen molar-refractivity contribution in [2.24, 2.45) is 0 Å². The maximum atomic E-state index is 12.2.